The lowest BCUT2D eigenvalue weighted by Gasteiger charge is -2.37. The fraction of sp³-hybridized carbons (Fsp3) is 0.600. The zero-order chi connectivity index (χ0) is 19.5. The van der Waals surface area contributed by atoms with Crippen molar-refractivity contribution in [2.24, 2.45) is 11.7 Å². The summed E-state index contributed by atoms with van der Waals surface area (Å²) in [4.78, 5) is 14.0. The maximum absolute atomic E-state index is 11.6. The van der Waals surface area contributed by atoms with Crippen molar-refractivity contribution in [2.75, 3.05) is 20.2 Å². The minimum atomic E-state index is -0.204. The van der Waals surface area contributed by atoms with Crippen LogP contribution >= 0.6 is 0 Å². The van der Waals surface area contributed by atoms with Gasteiger partial charge in [-0.25, -0.2) is 4.68 Å². The molecule has 1 aromatic heterocycles. The Labute approximate surface area is 165 Å². The quantitative estimate of drug-likeness (QED) is 0.819. The van der Waals surface area contributed by atoms with Gasteiger partial charge in [-0.3, -0.25) is 9.69 Å². The summed E-state index contributed by atoms with van der Waals surface area (Å²) in [6, 6.07) is 8.29. The van der Waals surface area contributed by atoms with Crippen LogP contribution in [0.5, 0.6) is 5.75 Å². The summed E-state index contributed by atoms with van der Waals surface area (Å²) < 4.78 is 7.68. The van der Waals surface area contributed by atoms with Crippen molar-refractivity contribution in [1.29, 1.82) is 0 Å². The second-order valence-corrected chi connectivity index (χ2v) is 7.78. The molecular formula is C20H28N6O2. The molecule has 28 heavy (non-hydrogen) atoms. The molecule has 0 spiro atoms. The summed E-state index contributed by atoms with van der Waals surface area (Å²) in [7, 11) is 1.69. The molecule has 0 radical (unpaired) electrons. The monoisotopic (exact) mass is 384 g/mol. The van der Waals surface area contributed by atoms with Gasteiger partial charge in [-0.1, -0.05) is 31.0 Å². The van der Waals surface area contributed by atoms with Gasteiger partial charge in [-0.05, 0) is 55.3 Å². The molecule has 8 nitrogen and oxygen atoms in total. The van der Waals surface area contributed by atoms with Gasteiger partial charge in [0.1, 0.15) is 11.8 Å². The highest BCUT2D eigenvalue weighted by molar-refractivity contribution is 5.76. The van der Waals surface area contributed by atoms with E-state index in [9.17, 15) is 4.79 Å². The highest BCUT2D eigenvalue weighted by Crippen LogP contribution is 2.38. The molecule has 150 valence electrons. The van der Waals surface area contributed by atoms with Crippen LogP contribution in [0.3, 0.4) is 0 Å². The topological polar surface area (TPSA) is 99.2 Å². The van der Waals surface area contributed by atoms with Crippen molar-refractivity contribution < 1.29 is 9.53 Å². The van der Waals surface area contributed by atoms with Crippen LogP contribution in [0.25, 0.3) is 0 Å². The second kappa shape index (κ2) is 8.26. The summed E-state index contributed by atoms with van der Waals surface area (Å²) >= 11 is 0. The molecule has 1 amide bonds. The first kappa shape index (κ1) is 18.9. The lowest BCUT2D eigenvalue weighted by Crippen LogP contribution is -2.41. The van der Waals surface area contributed by atoms with E-state index < -0.39 is 0 Å². The number of hydrogen-bond donors (Lipinski definition) is 1. The highest BCUT2D eigenvalue weighted by Gasteiger charge is 2.35. The predicted octanol–water partition coefficient (Wildman–Crippen LogP) is 2.08. The number of aromatic nitrogens is 4. The van der Waals surface area contributed by atoms with Crippen molar-refractivity contribution in [3.8, 4) is 5.75 Å². The Hall–Kier alpha value is -2.48. The molecule has 2 heterocycles. The van der Waals surface area contributed by atoms with E-state index in [0.717, 1.165) is 55.9 Å². The van der Waals surface area contributed by atoms with Gasteiger partial charge >= 0.3 is 0 Å². The Morgan fingerprint density at radius 2 is 1.89 bits per heavy atom. The molecule has 2 fully saturated rings. The molecule has 4 rings (SSSR count). The summed E-state index contributed by atoms with van der Waals surface area (Å²) in [6.45, 7) is 1.54. The standard InChI is InChI=1S/C20H28N6O2/c1-28-17-9-5-4-8-16(17)18(25-12-10-14(11-13-25)19(21)27)20-22-23-24-26(20)15-6-2-3-7-15/h4-5,8-9,14-15,18H,2-3,6-7,10-13H2,1H3,(H2,21,27)/t18-/m1/s1. The molecule has 0 unspecified atom stereocenters. The van der Waals surface area contributed by atoms with Crippen LogP contribution in [0.4, 0.5) is 0 Å². The largest absolute Gasteiger partial charge is 0.496 e. The third kappa shape index (κ3) is 3.61. The van der Waals surface area contributed by atoms with Crippen LogP contribution in [-0.2, 0) is 4.79 Å². The number of nitrogens with two attached hydrogens (primary N) is 1. The van der Waals surface area contributed by atoms with E-state index in [1.54, 1.807) is 7.11 Å². The normalized spacial score (nSPS) is 20.3. The van der Waals surface area contributed by atoms with Crippen LogP contribution in [0, 0.1) is 5.92 Å². The number of para-hydroxylation sites is 1. The van der Waals surface area contributed by atoms with Crippen LogP contribution in [-0.4, -0.2) is 51.2 Å². The number of likely N-dealkylation sites (tertiary alicyclic amines) is 1. The summed E-state index contributed by atoms with van der Waals surface area (Å²) in [5.41, 5.74) is 6.59. The number of amides is 1. The van der Waals surface area contributed by atoms with E-state index in [4.69, 9.17) is 10.5 Å². The Kier molecular flexibility index (Phi) is 5.57. The minimum Gasteiger partial charge on any atom is -0.496 e. The molecule has 8 heteroatoms. The number of tetrazole rings is 1. The lowest BCUT2D eigenvalue weighted by atomic mass is 9.93. The maximum Gasteiger partial charge on any atom is 0.220 e. The van der Waals surface area contributed by atoms with Gasteiger partial charge < -0.3 is 10.5 Å². The van der Waals surface area contributed by atoms with Gasteiger partial charge in [0.25, 0.3) is 0 Å². The first-order valence-corrected chi connectivity index (χ1v) is 10.1. The Morgan fingerprint density at radius 1 is 1.18 bits per heavy atom. The third-order valence-electron chi connectivity index (χ3n) is 6.16. The van der Waals surface area contributed by atoms with Gasteiger partial charge in [0, 0.05) is 11.5 Å². The zero-order valence-electron chi connectivity index (χ0n) is 16.3. The molecule has 0 bridgehead atoms. The number of carbonyl (C=O) groups excluding carboxylic acids is 1. The number of nitrogens with zero attached hydrogens (tertiary/aromatic N) is 5. The molecule has 1 saturated carbocycles. The van der Waals surface area contributed by atoms with E-state index in [0.29, 0.717) is 6.04 Å². The Balaban J connectivity index is 1.71. The van der Waals surface area contributed by atoms with Crippen molar-refractivity contribution in [3.05, 3.63) is 35.7 Å². The van der Waals surface area contributed by atoms with E-state index in [1.807, 2.05) is 22.9 Å². The van der Waals surface area contributed by atoms with E-state index in [1.165, 1.54) is 12.8 Å². The number of hydrogen-bond acceptors (Lipinski definition) is 6. The fourth-order valence-electron chi connectivity index (χ4n) is 4.62. The van der Waals surface area contributed by atoms with Crippen molar-refractivity contribution in [1.82, 2.24) is 25.1 Å². The molecule has 2 aromatic rings. The molecule has 1 aliphatic carbocycles. The first-order chi connectivity index (χ1) is 13.7. The summed E-state index contributed by atoms with van der Waals surface area (Å²) in [5, 5.41) is 12.8. The molecule has 1 aromatic carbocycles. The number of primary amides is 1. The molecular weight excluding hydrogens is 356 g/mol. The van der Waals surface area contributed by atoms with Crippen LogP contribution in [0.1, 0.15) is 62.0 Å². The number of rotatable bonds is 6. The minimum absolute atomic E-state index is 0.0552. The Morgan fingerprint density at radius 3 is 2.57 bits per heavy atom. The van der Waals surface area contributed by atoms with Gasteiger partial charge in [0.05, 0.1) is 13.2 Å². The molecule has 1 atom stereocenters. The second-order valence-electron chi connectivity index (χ2n) is 7.78. The lowest BCUT2D eigenvalue weighted by molar-refractivity contribution is -0.123. The molecule has 2 aliphatic rings. The van der Waals surface area contributed by atoms with Crippen molar-refractivity contribution in [2.45, 2.75) is 50.6 Å². The van der Waals surface area contributed by atoms with Gasteiger partial charge in [-0.15, -0.1) is 5.10 Å². The number of benzene rings is 1. The molecule has 1 aliphatic heterocycles. The van der Waals surface area contributed by atoms with Crippen LogP contribution < -0.4 is 10.5 Å². The van der Waals surface area contributed by atoms with Gasteiger partial charge in [0.15, 0.2) is 5.82 Å². The van der Waals surface area contributed by atoms with Crippen molar-refractivity contribution >= 4 is 5.91 Å². The van der Waals surface area contributed by atoms with Crippen LogP contribution in [0.2, 0.25) is 0 Å². The van der Waals surface area contributed by atoms with E-state index >= 15 is 0 Å². The van der Waals surface area contributed by atoms with Crippen LogP contribution in [0.15, 0.2) is 24.3 Å². The number of methoxy groups -OCH3 is 1. The van der Waals surface area contributed by atoms with E-state index in [-0.39, 0.29) is 17.9 Å². The SMILES string of the molecule is COc1ccccc1[C@H](c1nnnn1C1CCCC1)N1CCC(C(N)=O)CC1. The number of carbonyl (C=O) groups is 1. The fourth-order valence-corrected chi connectivity index (χ4v) is 4.62. The summed E-state index contributed by atoms with van der Waals surface area (Å²) in [5.74, 6) is 1.42. The predicted molar refractivity (Wildman–Crippen MR) is 104 cm³/mol. The molecule has 1 saturated heterocycles. The zero-order valence-corrected chi connectivity index (χ0v) is 16.3. The first-order valence-electron chi connectivity index (χ1n) is 10.1. The maximum atomic E-state index is 11.6. The van der Waals surface area contributed by atoms with Crippen molar-refractivity contribution in [3.63, 3.8) is 0 Å². The average molecular weight is 384 g/mol. The Bertz CT molecular complexity index is 809. The molecule has 2 N–H and O–H groups in total. The van der Waals surface area contributed by atoms with Gasteiger partial charge in [0.2, 0.25) is 5.91 Å². The highest BCUT2D eigenvalue weighted by atomic mass is 16.5. The summed E-state index contributed by atoms with van der Waals surface area (Å²) in [6.07, 6.45) is 6.17. The number of ether oxygens (including phenoxy) is 1. The smallest absolute Gasteiger partial charge is 0.220 e. The van der Waals surface area contributed by atoms with E-state index in [2.05, 4.69) is 26.5 Å². The average Bonchev–Trinajstić information content (AvgIpc) is 3.41. The van der Waals surface area contributed by atoms with Gasteiger partial charge in [-0.2, -0.15) is 0 Å². The third-order valence-corrected chi connectivity index (χ3v) is 6.16. The number of piperidine rings is 1.